The number of likely N-dealkylation sites (N-methyl/N-ethyl adjacent to an activating group) is 1. The van der Waals surface area contributed by atoms with E-state index in [4.69, 9.17) is 14.6 Å². The molecule has 1 unspecified atom stereocenters. The Morgan fingerprint density at radius 1 is 1.31 bits per heavy atom. The zero-order chi connectivity index (χ0) is 10.1. The Morgan fingerprint density at radius 2 is 2.00 bits per heavy atom. The Kier molecular flexibility index (Phi) is 8.33. The van der Waals surface area contributed by atoms with Crippen LogP contribution in [-0.2, 0) is 9.47 Å². The summed E-state index contributed by atoms with van der Waals surface area (Å²) in [6.45, 7) is 5.79. The van der Waals surface area contributed by atoms with Crippen molar-refractivity contribution >= 4 is 0 Å². The highest BCUT2D eigenvalue weighted by Gasteiger charge is 2.03. The second kappa shape index (κ2) is 8.44. The van der Waals surface area contributed by atoms with Crippen LogP contribution in [0.2, 0.25) is 0 Å². The molecule has 80 valence electrons. The Morgan fingerprint density at radius 3 is 2.46 bits per heavy atom. The quantitative estimate of drug-likeness (QED) is 0.531. The molecule has 0 aliphatic heterocycles. The molecule has 0 bridgehead atoms. The lowest BCUT2D eigenvalue weighted by atomic mass is 10.3. The summed E-state index contributed by atoms with van der Waals surface area (Å²) in [7, 11) is 1.80. The zero-order valence-electron chi connectivity index (χ0n) is 8.75. The van der Waals surface area contributed by atoms with Gasteiger partial charge >= 0.3 is 0 Å². The predicted octanol–water partition coefficient (Wildman–Crippen LogP) is 0.00830. The summed E-state index contributed by atoms with van der Waals surface area (Å²) in [6, 6.07) is 0.0269. The molecule has 0 fully saturated rings. The summed E-state index contributed by atoms with van der Waals surface area (Å²) in [5, 5.41) is 11.7. The van der Waals surface area contributed by atoms with Crippen molar-refractivity contribution in [2.75, 3.05) is 33.5 Å². The zero-order valence-corrected chi connectivity index (χ0v) is 8.75. The van der Waals surface area contributed by atoms with E-state index < -0.39 is 0 Å². The molecule has 0 heterocycles. The van der Waals surface area contributed by atoms with E-state index in [0.29, 0.717) is 19.8 Å². The third kappa shape index (κ3) is 8.18. The summed E-state index contributed by atoms with van der Waals surface area (Å²) in [6.07, 6.45) is 0.251. The Hall–Kier alpha value is -0.160. The lowest BCUT2D eigenvalue weighted by molar-refractivity contribution is 0.0101. The average Bonchev–Trinajstić information content (AvgIpc) is 2.11. The van der Waals surface area contributed by atoms with Gasteiger partial charge in [0.05, 0.1) is 38.6 Å². The topological polar surface area (TPSA) is 50.7 Å². The average molecular weight is 191 g/mol. The van der Waals surface area contributed by atoms with Crippen LogP contribution in [0.5, 0.6) is 0 Å². The molecule has 4 nitrogen and oxygen atoms in total. The van der Waals surface area contributed by atoms with Crippen LogP contribution >= 0.6 is 0 Å². The molecule has 0 radical (unpaired) electrons. The number of hydrogen-bond acceptors (Lipinski definition) is 4. The molecule has 0 saturated carbocycles. The van der Waals surface area contributed by atoms with Gasteiger partial charge in [0.15, 0.2) is 0 Å². The second-order valence-corrected chi connectivity index (χ2v) is 3.16. The van der Waals surface area contributed by atoms with Crippen molar-refractivity contribution in [1.82, 2.24) is 5.32 Å². The molecular formula is C9H21NO3. The first-order chi connectivity index (χ1) is 6.20. The van der Waals surface area contributed by atoms with E-state index in [9.17, 15) is 0 Å². The first-order valence-electron chi connectivity index (χ1n) is 4.68. The van der Waals surface area contributed by atoms with Gasteiger partial charge in [-0.05, 0) is 20.9 Å². The SMILES string of the molecule is CNC(CO)COCCOC(C)C. The van der Waals surface area contributed by atoms with Gasteiger partial charge in [-0.25, -0.2) is 0 Å². The van der Waals surface area contributed by atoms with E-state index in [0.717, 1.165) is 0 Å². The van der Waals surface area contributed by atoms with Gasteiger partial charge in [0.1, 0.15) is 0 Å². The van der Waals surface area contributed by atoms with Gasteiger partial charge in [0.25, 0.3) is 0 Å². The van der Waals surface area contributed by atoms with Crippen LogP contribution in [0.25, 0.3) is 0 Å². The minimum absolute atomic E-state index is 0.0269. The molecule has 1 atom stereocenters. The fourth-order valence-electron chi connectivity index (χ4n) is 0.796. The Balaban J connectivity index is 3.14. The number of aliphatic hydroxyl groups excluding tert-OH is 1. The smallest absolute Gasteiger partial charge is 0.0703 e. The molecule has 0 aromatic carbocycles. The normalized spacial score (nSPS) is 13.6. The molecule has 0 aliphatic carbocycles. The lowest BCUT2D eigenvalue weighted by Crippen LogP contribution is -2.34. The van der Waals surface area contributed by atoms with Crippen LogP contribution in [0.1, 0.15) is 13.8 Å². The van der Waals surface area contributed by atoms with Crippen LogP contribution in [-0.4, -0.2) is 50.7 Å². The molecule has 0 rings (SSSR count). The fraction of sp³-hybridized carbons (Fsp3) is 1.00. The van der Waals surface area contributed by atoms with Gasteiger partial charge in [-0.3, -0.25) is 0 Å². The Bertz CT molecular complexity index is 105. The first kappa shape index (κ1) is 12.8. The van der Waals surface area contributed by atoms with E-state index in [1.54, 1.807) is 7.05 Å². The van der Waals surface area contributed by atoms with Crippen molar-refractivity contribution in [3.05, 3.63) is 0 Å². The summed E-state index contributed by atoms with van der Waals surface area (Å²) in [5.74, 6) is 0. The maximum Gasteiger partial charge on any atom is 0.0703 e. The minimum atomic E-state index is 0.0269. The van der Waals surface area contributed by atoms with E-state index in [-0.39, 0.29) is 18.8 Å². The summed E-state index contributed by atoms with van der Waals surface area (Å²) < 4.78 is 10.6. The van der Waals surface area contributed by atoms with Crippen molar-refractivity contribution in [2.45, 2.75) is 26.0 Å². The van der Waals surface area contributed by atoms with Crippen molar-refractivity contribution in [1.29, 1.82) is 0 Å². The third-order valence-corrected chi connectivity index (χ3v) is 1.63. The van der Waals surface area contributed by atoms with Gasteiger partial charge in [-0.2, -0.15) is 0 Å². The highest BCUT2D eigenvalue weighted by atomic mass is 16.5. The summed E-state index contributed by atoms with van der Waals surface area (Å²) in [5.41, 5.74) is 0. The van der Waals surface area contributed by atoms with E-state index >= 15 is 0 Å². The highest BCUT2D eigenvalue weighted by molar-refractivity contribution is 4.59. The van der Waals surface area contributed by atoms with E-state index in [2.05, 4.69) is 5.32 Å². The van der Waals surface area contributed by atoms with Crippen LogP contribution in [0, 0.1) is 0 Å². The number of rotatable bonds is 8. The third-order valence-electron chi connectivity index (χ3n) is 1.63. The molecule has 13 heavy (non-hydrogen) atoms. The minimum Gasteiger partial charge on any atom is -0.395 e. The molecule has 0 aromatic heterocycles. The second-order valence-electron chi connectivity index (χ2n) is 3.16. The molecule has 0 spiro atoms. The number of ether oxygens (including phenoxy) is 2. The molecule has 0 aromatic rings. The van der Waals surface area contributed by atoms with Crippen LogP contribution in [0.4, 0.5) is 0 Å². The maximum absolute atomic E-state index is 8.80. The largest absolute Gasteiger partial charge is 0.395 e. The van der Waals surface area contributed by atoms with Gasteiger partial charge in [-0.15, -0.1) is 0 Å². The number of aliphatic hydroxyl groups is 1. The van der Waals surface area contributed by atoms with Crippen molar-refractivity contribution in [3.8, 4) is 0 Å². The van der Waals surface area contributed by atoms with Crippen molar-refractivity contribution in [3.63, 3.8) is 0 Å². The molecule has 2 N–H and O–H groups in total. The fourth-order valence-corrected chi connectivity index (χ4v) is 0.796. The molecule has 4 heteroatoms. The van der Waals surface area contributed by atoms with E-state index in [1.165, 1.54) is 0 Å². The van der Waals surface area contributed by atoms with Crippen molar-refractivity contribution in [2.24, 2.45) is 0 Å². The summed E-state index contributed by atoms with van der Waals surface area (Å²) >= 11 is 0. The standard InChI is InChI=1S/C9H21NO3/c1-8(2)13-5-4-12-7-9(6-11)10-3/h8-11H,4-7H2,1-3H3. The molecule has 0 amide bonds. The maximum atomic E-state index is 8.80. The van der Waals surface area contributed by atoms with Gasteiger partial charge < -0.3 is 19.9 Å². The van der Waals surface area contributed by atoms with Crippen LogP contribution < -0.4 is 5.32 Å². The Labute approximate surface area is 80.2 Å². The van der Waals surface area contributed by atoms with Crippen LogP contribution in [0.15, 0.2) is 0 Å². The van der Waals surface area contributed by atoms with Gasteiger partial charge in [-0.1, -0.05) is 0 Å². The van der Waals surface area contributed by atoms with Crippen LogP contribution in [0.3, 0.4) is 0 Å². The van der Waals surface area contributed by atoms with Crippen molar-refractivity contribution < 1.29 is 14.6 Å². The molecule has 0 saturated heterocycles. The van der Waals surface area contributed by atoms with Gasteiger partial charge in [0, 0.05) is 0 Å². The number of nitrogens with one attached hydrogen (secondary N) is 1. The predicted molar refractivity (Wildman–Crippen MR) is 51.8 cm³/mol. The molecular weight excluding hydrogens is 170 g/mol. The monoisotopic (exact) mass is 191 g/mol. The first-order valence-corrected chi connectivity index (χ1v) is 4.68. The lowest BCUT2D eigenvalue weighted by Gasteiger charge is -2.13. The summed E-state index contributed by atoms with van der Waals surface area (Å²) in [4.78, 5) is 0. The van der Waals surface area contributed by atoms with Gasteiger partial charge in [0.2, 0.25) is 0 Å². The van der Waals surface area contributed by atoms with E-state index in [1.807, 2.05) is 13.8 Å². The molecule has 0 aliphatic rings. The number of hydrogen-bond donors (Lipinski definition) is 2. The highest BCUT2D eigenvalue weighted by Crippen LogP contribution is 1.88.